The molecule has 0 bridgehead atoms. The van der Waals surface area contributed by atoms with Gasteiger partial charge in [0.2, 0.25) is 0 Å². The zero-order valence-electron chi connectivity index (χ0n) is 10.3. The minimum absolute atomic E-state index is 0. The van der Waals surface area contributed by atoms with Gasteiger partial charge >= 0.3 is 0 Å². The maximum atomic E-state index is 13.7. The maximum Gasteiger partial charge on any atom is 0.173 e. The van der Waals surface area contributed by atoms with E-state index >= 15 is 0 Å². The Morgan fingerprint density at radius 1 is 1.44 bits per heavy atom. The van der Waals surface area contributed by atoms with Crippen LogP contribution in [0.25, 0.3) is 0 Å². The molecular weight excluding hydrogens is 280 g/mol. The Balaban J connectivity index is 0.00000289. The van der Waals surface area contributed by atoms with Crippen molar-refractivity contribution in [2.75, 3.05) is 6.61 Å². The van der Waals surface area contributed by atoms with Gasteiger partial charge in [-0.3, -0.25) is 0 Å². The Bertz CT molecular complexity index is 367. The predicted octanol–water partition coefficient (Wildman–Crippen LogP) is 3.07. The van der Waals surface area contributed by atoms with Gasteiger partial charge in [-0.2, -0.15) is 0 Å². The molecule has 0 aliphatic carbocycles. The first-order valence-electron chi connectivity index (χ1n) is 5.56. The van der Waals surface area contributed by atoms with Crippen LogP contribution in [0.1, 0.15) is 31.9 Å². The second kappa shape index (κ2) is 7.79. The van der Waals surface area contributed by atoms with Crippen LogP contribution in [-0.2, 0) is 0 Å². The summed E-state index contributed by atoms with van der Waals surface area (Å²) in [6.45, 7) is 3.88. The van der Waals surface area contributed by atoms with E-state index in [9.17, 15) is 9.50 Å². The van der Waals surface area contributed by atoms with E-state index in [0.717, 1.165) is 0 Å². The highest BCUT2D eigenvalue weighted by atomic mass is 35.5. The molecule has 0 amide bonds. The molecule has 0 aliphatic rings. The number of hydrogen-bond acceptors (Lipinski definition) is 3. The number of aliphatic hydroxyl groups excluding tert-OH is 1. The topological polar surface area (TPSA) is 55.5 Å². The molecule has 3 nitrogen and oxygen atoms in total. The van der Waals surface area contributed by atoms with Gasteiger partial charge in [-0.1, -0.05) is 18.5 Å². The molecule has 18 heavy (non-hydrogen) atoms. The van der Waals surface area contributed by atoms with Gasteiger partial charge in [-0.05, 0) is 31.0 Å². The molecule has 2 atom stereocenters. The number of aliphatic hydroxyl groups is 1. The number of hydrogen-bond donors (Lipinski definition) is 2. The Hall–Kier alpha value is -0.550. The fraction of sp³-hybridized carbons (Fsp3) is 0.500. The van der Waals surface area contributed by atoms with Crippen molar-refractivity contribution < 1.29 is 14.2 Å². The van der Waals surface area contributed by atoms with Crippen molar-refractivity contribution in [1.82, 2.24) is 0 Å². The van der Waals surface area contributed by atoms with E-state index in [4.69, 9.17) is 22.1 Å². The smallest absolute Gasteiger partial charge is 0.173 e. The van der Waals surface area contributed by atoms with Crippen LogP contribution in [-0.4, -0.2) is 17.8 Å². The van der Waals surface area contributed by atoms with Crippen molar-refractivity contribution in [2.45, 2.75) is 32.4 Å². The summed E-state index contributed by atoms with van der Waals surface area (Å²) in [5, 5.41) is 9.78. The largest absolute Gasteiger partial charge is 0.489 e. The van der Waals surface area contributed by atoms with Crippen LogP contribution in [0.4, 0.5) is 4.39 Å². The number of rotatable bonds is 5. The molecule has 0 unspecified atom stereocenters. The summed E-state index contributed by atoms with van der Waals surface area (Å²) in [4.78, 5) is 0. The molecule has 0 spiro atoms. The second-order valence-corrected chi connectivity index (χ2v) is 4.16. The standard InChI is InChI=1S/C12H17ClFNO2.ClH/c1-3-10(16)11(15)7-5-8(13)12(17-4-2)9(14)6-7;/h5-6,10-11,16H,3-4,15H2,1-2H3;1H/t10-,11+;/m1./s1. The molecule has 0 aromatic heterocycles. The molecule has 0 saturated carbocycles. The van der Waals surface area contributed by atoms with Gasteiger partial charge in [0.25, 0.3) is 0 Å². The monoisotopic (exact) mass is 297 g/mol. The molecule has 0 saturated heterocycles. The van der Waals surface area contributed by atoms with Crippen molar-refractivity contribution in [3.05, 3.63) is 28.5 Å². The molecule has 0 aliphatic heterocycles. The summed E-state index contributed by atoms with van der Waals surface area (Å²) in [6.07, 6.45) is -0.225. The third-order valence-corrected chi connectivity index (χ3v) is 2.81. The van der Waals surface area contributed by atoms with Gasteiger partial charge in [0.05, 0.1) is 23.8 Å². The van der Waals surface area contributed by atoms with Crippen LogP contribution >= 0.6 is 24.0 Å². The average molecular weight is 298 g/mol. The molecule has 1 aromatic rings. The SMILES string of the molecule is CCOc1c(F)cc([C@H](N)[C@H](O)CC)cc1Cl.Cl. The molecule has 3 N–H and O–H groups in total. The van der Waals surface area contributed by atoms with Crippen molar-refractivity contribution in [2.24, 2.45) is 5.73 Å². The Kier molecular flexibility index (Phi) is 7.55. The summed E-state index contributed by atoms with van der Waals surface area (Å²) in [6, 6.07) is 2.13. The van der Waals surface area contributed by atoms with E-state index in [1.54, 1.807) is 13.8 Å². The molecule has 6 heteroatoms. The fourth-order valence-corrected chi connectivity index (χ4v) is 1.80. The van der Waals surface area contributed by atoms with E-state index in [0.29, 0.717) is 18.6 Å². The lowest BCUT2D eigenvalue weighted by Gasteiger charge is -2.19. The lowest BCUT2D eigenvalue weighted by Crippen LogP contribution is -2.25. The highest BCUT2D eigenvalue weighted by molar-refractivity contribution is 6.32. The highest BCUT2D eigenvalue weighted by Crippen LogP contribution is 2.31. The van der Waals surface area contributed by atoms with Crippen LogP contribution in [0, 0.1) is 5.82 Å². The second-order valence-electron chi connectivity index (χ2n) is 3.75. The highest BCUT2D eigenvalue weighted by Gasteiger charge is 2.19. The third kappa shape index (κ3) is 3.99. The first kappa shape index (κ1) is 17.4. The Morgan fingerprint density at radius 2 is 2.06 bits per heavy atom. The first-order valence-corrected chi connectivity index (χ1v) is 5.94. The van der Waals surface area contributed by atoms with Crippen LogP contribution in [0.3, 0.4) is 0 Å². The number of nitrogens with two attached hydrogens (primary N) is 1. The minimum Gasteiger partial charge on any atom is -0.489 e. The summed E-state index contributed by atoms with van der Waals surface area (Å²) >= 11 is 5.90. The third-order valence-electron chi connectivity index (χ3n) is 2.53. The zero-order chi connectivity index (χ0) is 13.0. The predicted molar refractivity (Wildman–Crippen MR) is 73.1 cm³/mol. The van der Waals surface area contributed by atoms with Gasteiger partial charge in [-0.15, -0.1) is 12.4 Å². The fourth-order valence-electron chi connectivity index (χ4n) is 1.53. The summed E-state index contributed by atoms with van der Waals surface area (Å²) in [7, 11) is 0. The Labute approximate surface area is 117 Å². The van der Waals surface area contributed by atoms with Gasteiger partial charge in [0, 0.05) is 0 Å². The van der Waals surface area contributed by atoms with Crippen molar-refractivity contribution in [1.29, 1.82) is 0 Å². The summed E-state index contributed by atoms with van der Waals surface area (Å²) in [5.41, 5.74) is 6.26. The van der Waals surface area contributed by atoms with Gasteiger partial charge in [0.15, 0.2) is 11.6 Å². The minimum atomic E-state index is -0.719. The molecule has 0 fully saturated rings. The molecule has 1 aromatic carbocycles. The Morgan fingerprint density at radius 3 is 2.50 bits per heavy atom. The lowest BCUT2D eigenvalue weighted by molar-refractivity contribution is 0.140. The number of ether oxygens (including phenoxy) is 1. The van der Waals surface area contributed by atoms with Crippen LogP contribution in [0.2, 0.25) is 5.02 Å². The lowest BCUT2D eigenvalue weighted by atomic mass is 10.0. The normalized spacial score (nSPS) is 13.7. The van der Waals surface area contributed by atoms with E-state index in [-0.39, 0.29) is 23.2 Å². The van der Waals surface area contributed by atoms with Crippen molar-refractivity contribution >= 4 is 24.0 Å². The zero-order valence-corrected chi connectivity index (χ0v) is 11.9. The van der Waals surface area contributed by atoms with E-state index in [1.807, 2.05) is 0 Å². The number of benzene rings is 1. The summed E-state index contributed by atoms with van der Waals surface area (Å²) in [5.74, 6) is -0.538. The van der Waals surface area contributed by atoms with Gasteiger partial charge in [0.1, 0.15) is 0 Å². The number of halogens is 3. The molecule has 104 valence electrons. The van der Waals surface area contributed by atoms with E-state index in [2.05, 4.69) is 0 Å². The van der Waals surface area contributed by atoms with E-state index < -0.39 is 18.0 Å². The van der Waals surface area contributed by atoms with Gasteiger partial charge < -0.3 is 15.6 Å². The van der Waals surface area contributed by atoms with Crippen LogP contribution in [0.5, 0.6) is 5.75 Å². The van der Waals surface area contributed by atoms with E-state index in [1.165, 1.54) is 12.1 Å². The molecule has 0 radical (unpaired) electrons. The molecule has 1 rings (SSSR count). The van der Waals surface area contributed by atoms with Crippen LogP contribution in [0.15, 0.2) is 12.1 Å². The van der Waals surface area contributed by atoms with Gasteiger partial charge in [-0.25, -0.2) is 4.39 Å². The van der Waals surface area contributed by atoms with Crippen molar-refractivity contribution in [3.63, 3.8) is 0 Å². The first-order chi connectivity index (χ1) is 8.01. The average Bonchev–Trinajstić information content (AvgIpc) is 2.31. The quantitative estimate of drug-likeness (QED) is 0.878. The van der Waals surface area contributed by atoms with Crippen molar-refractivity contribution in [3.8, 4) is 5.75 Å². The summed E-state index contributed by atoms with van der Waals surface area (Å²) < 4.78 is 18.8. The maximum absolute atomic E-state index is 13.7. The molecule has 0 heterocycles. The van der Waals surface area contributed by atoms with Crippen LogP contribution < -0.4 is 10.5 Å². The molecular formula is C12H18Cl2FNO2.